The van der Waals surface area contributed by atoms with Crippen molar-refractivity contribution in [2.24, 2.45) is 4.99 Å². The molecule has 1 unspecified atom stereocenters. The van der Waals surface area contributed by atoms with E-state index in [1.54, 1.807) is 0 Å². The fourth-order valence-corrected chi connectivity index (χ4v) is 8.48. The number of rotatable bonds is 5. The minimum Gasteiger partial charge on any atom is -0.455 e. The molecule has 0 spiro atoms. The van der Waals surface area contributed by atoms with Gasteiger partial charge in [0.05, 0.1) is 17.1 Å². The summed E-state index contributed by atoms with van der Waals surface area (Å²) in [5.74, 6) is 0. The Balaban J connectivity index is 1.34. The molecule has 248 valence electrons. The van der Waals surface area contributed by atoms with Crippen molar-refractivity contribution in [2.75, 3.05) is 4.90 Å². The number of furan rings is 1. The molecule has 7 aromatic carbocycles. The molecule has 0 fully saturated rings. The second-order valence-electron chi connectivity index (χ2n) is 14.3. The molecule has 1 atom stereocenters. The Morgan fingerprint density at radius 1 is 0.558 bits per heavy atom. The maximum absolute atomic E-state index is 6.91. The zero-order valence-corrected chi connectivity index (χ0v) is 29.1. The number of aliphatic imine (C=N–C) groups is 1. The first-order chi connectivity index (χ1) is 25.6. The average Bonchev–Trinajstić information content (AvgIpc) is 3.79. The molecule has 2 aliphatic heterocycles. The van der Waals surface area contributed by atoms with Crippen molar-refractivity contribution in [3.05, 3.63) is 209 Å². The second-order valence-corrected chi connectivity index (χ2v) is 14.3. The van der Waals surface area contributed by atoms with E-state index in [2.05, 4.69) is 195 Å². The first kappa shape index (κ1) is 30.4. The Hall–Kier alpha value is -6.45. The predicted molar refractivity (Wildman–Crippen MR) is 216 cm³/mol. The van der Waals surface area contributed by atoms with Crippen molar-refractivity contribution < 1.29 is 4.42 Å². The number of anilines is 3. The third-order valence-corrected chi connectivity index (χ3v) is 10.9. The standard InChI is InChI=1S/C49H36N2O/c1-49(2)39-25-13-15-27-41(39)51(42-28-16-14-26-40(42)49)35-30-37-36-24-12-17-29-43(36)52-48(37)38(31-35)45-44(32-18-6-3-7-19-32)46(33-20-8-4-9-21-33)50-47(45)34-22-10-5-11-23-34/h3-31,46H,1-2H3. The van der Waals surface area contributed by atoms with Crippen LogP contribution in [0.5, 0.6) is 0 Å². The van der Waals surface area contributed by atoms with Crippen LogP contribution < -0.4 is 4.90 Å². The van der Waals surface area contributed by atoms with Gasteiger partial charge in [-0.1, -0.05) is 159 Å². The van der Waals surface area contributed by atoms with E-state index in [9.17, 15) is 0 Å². The predicted octanol–water partition coefficient (Wildman–Crippen LogP) is 12.9. The Morgan fingerprint density at radius 3 is 1.79 bits per heavy atom. The van der Waals surface area contributed by atoms with Crippen LogP contribution >= 0.6 is 0 Å². The average molecular weight is 669 g/mol. The van der Waals surface area contributed by atoms with E-state index in [0.717, 1.165) is 61.2 Å². The van der Waals surface area contributed by atoms with Crippen molar-refractivity contribution in [1.29, 1.82) is 0 Å². The SMILES string of the molecule is CC1(C)c2ccccc2N(c2cc(C3=C(c4ccccc4)C(c4ccccc4)N=C3c3ccccc3)c3oc4ccccc4c3c2)c2ccccc21. The van der Waals surface area contributed by atoms with Crippen molar-refractivity contribution in [1.82, 2.24) is 0 Å². The highest BCUT2D eigenvalue weighted by atomic mass is 16.3. The summed E-state index contributed by atoms with van der Waals surface area (Å²) in [7, 11) is 0. The van der Waals surface area contributed by atoms with Crippen molar-refractivity contribution in [3.63, 3.8) is 0 Å². The van der Waals surface area contributed by atoms with Crippen LogP contribution in [0.2, 0.25) is 0 Å². The summed E-state index contributed by atoms with van der Waals surface area (Å²) in [6.45, 7) is 4.67. The molecule has 0 aliphatic carbocycles. The van der Waals surface area contributed by atoms with Gasteiger partial charge in [-0.15, -0.1) is 0 Å². The highest BCUT2D eigenvalue weighted by Crippen LogP contribution is 2.54. The molecule has 3 heteroatoms. The van der Waals surface area contributed by atoms with Crippen LogP contribution in [0.4, 0.5) is 17.1 Å². The van der Waals surface area contributed by atoms with Gasteiger partial charge in [0.25, 0.3) is 0 Å². The molecule has 0 N–H and O–H groups in total. The summed E-state index contributed by atoms with van der Waals surface area (Å²) in [6, 6.07) is 62.6. The van der Waals surface area contributed by atoms with Gasteiger partial charge in [-0.25, -0.2) is 0 Å². The lowest BCUT2D eigenvalue weighted by molar-refractivity contribution is 0.632. The van der Waals surface area contributed by atoms with Gasteiger partial charge in [0.15, 0.2) is 0 Å². The molecular weight excluding hydrogens is 633 g/mol. The van der Waals surface area contributed by atoms with E-state index in [0.29, 0.717) is 0 Å². The third-order valence-electron chi connectivity index (χ3n) is 10.9. The number of hydrogen-bond donors (Lipinski definition) is 0. The van der Waals surface area contributed by atoms with Crippen LogP contribution in [-0.2, 0) is 5.41 Å². The summed E-state index contributed by atoms with van der Waals surface area (Å²) in [5.41, 5.74) is 15.3. The lowest BCUT2D eigenvalue weighted by atomic mass is 9.73. The van der Waals surface area contributed by atoms with E-state index >= 15 is 0 Å². The van der Waals surface area contributed by atoms with Gasteiger partial charge in [0, 0.05) is 38.6 Å². The quantitative estimate of drug-likeness (QED) is 0.183. The molecule has 0 radical (unpaired) electrons. The van der Waals surface area contributed by atoms with Gasteiger partial charge < -0.3 is 9.32 Å². The Morgan fingerprint density at radius 2 is 1.12 bits per heavy atom. The first-order valence-corrected chi connectivity index (χ1v) is 18.0. The number of para-hydroxylation sites is 3. The summed E-state index contributed by atoms with van der Waals surface area (Å²) in [5, 5.41) is 2.18. The van der Waals surface area contributed by atoms with Gasteiger partial charge in [0.2, 0.25) is 0 Å². The monoisotopic (exact) mass is 668 g/mol. The molecule has 0 saturated heterocycles. The number of benzene rings is 7. The minimum atomic E-state index is -0.200. The molecule has 52 heavy (non-hydrogen) atoms. The fraction of sp³-hybridized carbons (Fsp3) is 0.0816. The number of fused-ring (bicyclic) bond motifs is 5. The highest BCUT2D eigenvalue weighted by Gasteiger charge is 2.38. The van der Waals surface area contributed by atoms with Crippen molar-refractivity contribution in [2.45, 2.75) is 25.3 Å². The molecule has 0 amide bonds. The Bertz CT molecular complexity index is 2650. The summed E-state index contributed by atoms with van der Waals surface area (Å²) in [4.78, 5) is 8.08. The van der Waals surface area contributed by atoms with Crippen LogP contribution in [0.15, 0.2) is 185 Å². The van der Waals surface area contributed by atoms with Crippen molar-refractivity contribution >= 4 is 55.9 Å². The van der Waals surface area contributed by atoms with E-state index < -0.39 is 0 Å². The smallest absolute Gasteiger partial charge is 0.143 e. The topological polar surface area (TPSA) is 28.7 Å². The third kappa shape index (κ3) is 4.63. The number of allylic oxidation sites excluding steroid dienone is 1. The normalized spacial score (nSPS) is 16.2. The van der Waals surface area contributed by atoms with Gasteiger partial charge in [-0.3, -0.25) is 4.99 Å². The van der Waals surface area contributed by atoms with Gasteiger partial charge in [-0.2, -0.15) is 0 Å². The number of nitrogens with zero attached hydrogens (tertiary/aromatic N) is 2. The molecule has 1 aromatic heterocycles. The molecule has 10 rings (SSSR count). The molecule has 3 nitrogen and oxygen atoms in total. The van der Waals surface area contributed by atoms with Gasteiger partial charge >= 0.3 is 0 Å². The second kappa shape index (κ2) is 11.8. The number of hydrogen-bond acceptors (Lipinski definition) is 3. The van der Waals surface area contributed by atoms with E-state index in [1.165, 1.54) is 28.1 Å². The summed E-state index contributed by atoms with van der Waals surface area (Å²) >= 11 is 0. The fourth-order valence-electron chi connectivity index (χ4n) is 8.48. The first-order valence-electron chi connectivity index (χ1n) is 18.0. The Kier molecular flexibility index (Phi) is 6.91. The van der Waals surface area contributed by atoms with Crippen LogP contribution in [-0.4, -0.2) is 5.71 Å². The summed E-state index contributed by atoms with van der Waals surface area (Å²) in [6.07, 6.45) is 0. The van der Waals surface area contributed by atoms with Gasteiger partial charge in [-0.05, 0) is 58.2 Å². The minimum absolute atomic E-state index is 0.163. The molecular formula is C49H36N2O. The zero-order chi connectivity index (χ0) is 34.8. The molecule has 2 aliphatic rings. The lowest BCUT2D eigenvalue weighted by Crippen LogP contribution is -2.30. The highest BCUT2D eigenvalue weighted by molar-refractivity contribution is 6.41. The molecule has 8 aromatic rings. The van der Waals surface area contributed by atoms with Crippen LogP contribution in [0.1, 0.15) is 53.3 Å². The molecule has 0 bridgehead atoms. The zero-order valence-electron chi connectivity index (χ0n) is 29.1. The van der Waals surface area contributed by atoms with Gasteiger partial charge in [0.1, 0.15) is 17.2 Å². The van der Waals surface area contributed by atoms with Crippen LogP contribution in [0, 0.1) is 0 Å². The van der Waals surface area contributed by atoms with E-state index in [4.69, 9.17) is 9.41 Å². The van der Waals surface area contributed by atoms with Crippen LogP contribution in [0.25, 0.3) is 33.1 Å². The van der Waals surface area contributed by atoms with E-state index in [-0.39, 0.29) is 11.5 Å². The van der Waals surface area contributed by atoms with Crippen molar-refractivity contribution in [3.8, 4) is 0 Å². The maximum Gasteiger partial charge on any atom is 0.143 e. The molecule has 3 heterocycles. The van der Waals surface area contributed by atoms with E-state index in [1.807, 2.05) is 0 Å². The maximum atomic E-state index is 6.91. The lowest BCUT2D eigenvalue weighted by Gasteiger charge is -2.42. The largest absolute Gasteiger partial charge is 0.455 e. The summed E-state index contributed by atoms with van der Waals surface area (Å²) < 4.78 is 6.91. The molecule has 0 saturated carbocycles. The Labute approximate surface area is 303 Å². The van der Waals surface area contributed by atoms with Crippen LogP contribution in [0.3, 0.4) is 0 Å².